The highest BCUT2D eigenvalue weighted by Gasteiger charge is 2.10. The standard InChI is InChI=1S/C15H18N2O3/c1-4-17(10(2)18)9-12-7-11-5-6-13(20-3)8-14(11)16-15(12)19/h5-8H,4,9H2,1-3H3,(H,16,19). The summed E-state index contributed by atoms with van der Waals surface area (Å²) in [5.74, 6) is 0.654. The van der Waals surface area contributed by atoms with Gasteiger partial charge in [-0.2, -0.15) is 0 Å². The van der Waals surface area contributed by atoms with Crippen molar-refractivity contribution in [3.05, 3.63) is 40.2 Å². The van der Waals surface area contributed by atoms with Crippen molar-refractivity contribution in [2.24, 2.45) is 0 Å². The minimum absolute atomic E-state index is 0.0401. The number of aromatic amines is 1. The van der Waals surface area contributed by atoms with E-state index in [1.807, 2.05) is 25.1 Å². The molecule has 0 bridgehead atoms. The molecule has 0 unspecified atom stereocenters. The van der Waals surface area contributed by atoms with Crippen molar-refractivity contribution >= 4 is 16.8 Å². The number of hydrogen-bond donors (Lipinski definition) is 1. The summed E-state index contributed by atoms with van der Waals surface area (Å²) in [5, 5.41) is 0.917. The molecule has 0 aliphatic heterocycles. The van der Waals surface area contributed by atoms with Gasteiger partial charge in [0.25, 0.3) is 5.56 Å². The van der Waals surface area contributed by atoms with E-state index in [1.165, 1.54) is 6.92 Å². The Balaban J connectivity index is 2.43. The number of nitrogens with zero attached hydrogens (tertiary/aromatic N) is 1. The van der Waals surface area contributed by atoms with E-state index in [1.54, 1.807) is 18.1 Å². The number of nitrogens with one attached hydrogen (secondary N) is 1. The van der Waals surface area contributed by atoms with Crippen LogP contribution in [-0.4, -0.2) is 29.4 Å². The molecular weight excluding hydrogens is 256 g/mol. The molecule has 1 aromatic carbocycles. The number of aromatic nitrogens is 1. The van der Waals surface area contributed by atoms with Crippen LogP contribution in [0.2, 0.25) is 0 Å². The van der Waals surface area contributed by atoms with Gasteiger partial charge in [-0.15, -0.1) is 0 Å². The minimum Gasteiger partial charge on any atom is -0.497 e. The van der Waals surface area contributed by atoms with Gasteiger partial charge in [0.15, 0.2) is 0 Å². The molecule has 0 atom stereocenters. The lowest BCUT2D eigenvalue weighted by Gasteiger charge is -2.18. The Labute approximate surface area is 117 Å². The molecule has 0 aliphatic rings. The zero-order valence-electron chi connectivity index (χ0n) is 11.9. The second kappa shape index (κ2) is 5.77. The first-order valence-electron chi connectivity index (χ1n) is 6.50. The lowest BCUT2D eigenvalue weighted by molar-refractivity contribution is -0.129. The molecule has 2 rings (SSSR count). The summed E-state index contributed by atoms with van der Waals surface area (Å²) < 4.78 is 5.13. The van der Waals surface area contributed by atoms with Crippen LogP contribution >= 0.6 is 0 Å². The van der Waals surface area contributed by atoms with Crippen LogP contribution < -0.4 is 10.3 Å². The topological polar surface area (TPSA) is 62.4 Å². The van der Waals surface area contributed by atoms with Gasteiger partial charge in [-0.1, -0.05) is 0 Å². The first-order chi connectivity index (χ1) is 9.55. The Morgan fingerprint density at radius 3 is 2.70 bits per heavy atom. The highest BCUT2D eigenvalue weighted by atomic mass is 16.5. The SMILES string of the molecule is CCN(Cc1cc2ccc(OC)cc2[nH]c1=O)C(C)=O. The van der Waals surface area contributed by atoms with Gasteiger partial charge in [0.1, 0.15) is 5.75 Å². The molecule has 5 nitrogen and oxygen atoms in total. The van der Waals surface area contributed by atoms with Crippen LogP contribution in [0.25, 0.3) is 10.9 Å². The van der Waals surface area contributed by atoms with E-state index >= 15 is 0 Å². The summed E-state index contributed by atoms with van der Waals surface area (Å²) in [4.78, 5) is 28.0. The third kappa shape index (κ3) is 2.82. The lowest BCUT2D eigenvalue weighted by atomic mass is 10.1. The van der Waals surface area contributed by atoms with E-state index in [0.717, 1.165) is 10.9 Å². The molecule has 2 aromatic rings. The van der Waals surface area contributed by atoms with Gasteiger partial charge in [0.2, 0.25) is 5.91 Å². The summed E-state index contributed by atoms with van der Waals surface area (Å²) >= 11 is 0. The fourth-order valence-corrected chi connectivity index (χ4v) is 2.12. The van der Waals surface area contributed by atoms with Crippen LogP contribution in [0.1, 0.15) is 19.4 Å². The summed E-state index contributed by atoms with van der Waals surface area (Å²) in [6.45, 7) is 4.30. The first-order valence-corrected chi connectivity index (χ1v) is 6.50. The maximum atomic E-state index is 12.1. The van der Waals surface area contributed by atoms with Crippen molar-refractivity contribution in [3.8, 4) is 5.75 Å². The number of fused-ring (bicyclic) bond motifs is 1. The van der Waals surface area contributed by atoms with Crippen molar-refractivity contribution in [1.82, 2.24) is 9.88 Å². The number of ether oxygens (including phenoxy) is 1. The second-order valence-corrected chi connectivity index (χ2v) is 4.61. The quantitative estimate of drug-likeness (QED) is 0.926. The molecule has 1 amide bonds. The Morgan fingerprint density at radius 1 is 1.35 bits per heavy atom. The fourth-order valence-electron chi connectivity index (χ4n) is 2.12. The van der Waals surface area contributed by atoms with Crippen molar-refractivity contribution in [2.45, 2.75) is 20.4 Å². The smallest absolute Gasteiger partial charge is 0.253 e. The van der Waals surface area contributed by atoms with E-state index in [0.29, 0.717) is 24.4 Å². The molecule has 1 N–H and O–H groups in total. The number of pyridine rings is 1. The van der Waals surface area contributed by atoms with Gasteiger partial charge < -0.3 is 14.6 Å². The zero-order chi connectivity index (χ0) is 14.7. The van der Waals surface area contributed by atoms with Crippen LogP contribution in [0.4, 0.5) is 0 Å². The highest BCUT2D eigenvalue weighted by molar-refractivity contribution is 5.80. The molecule has 0 spiro atoms. The maximum absolute atomic E-state index is 12.1. The molecule has 5 heteroatoms. The Bertz CT molecular complexity index is 691. The number of rotatable bonds is 4. The third-order valence-corrected chi connectivity index (χ3v) is 3.32. The van der Waals surface area contributed by atoms with Crippen LogP contribution in [0, 0.1) is 0 Å². The molecule has 20 heavy (non-hydrogen) atoms. The molecule has 0 radical (unpaired) electrons. The summed E-state index contributed by atoms with van der Waals surface area (Å²) in [6.07, 6.45) is 0. The number of benzene rings is 1. The second-order valence-electron chi connectivity index (χ2n) is 4.61. The normalized spacial score (nSPS) is 10.6. The summed E-state index contributed by atoms with van der Waals surface area (Å²) in [5.41, 5.74) is 1.13. The van der Waals surface area contributed by atoms with E-state index in [9.17, 15) is 9.59 Å². The molecular formula is C15H18N2O3. The number of methoxy groups -OCH3 is 1. The minimum atomic E-state index is -0.176. The van der Waals surface area contributed by atoms with Gasteiger partial charge in [0.05, 0.1) is 19.2 Å². The van der Waals surface area contributed by atoms with Gasteiger partial charge in [-0.25, -0.2) is 0 Å². The van der Waals surface area contributed by atoms with Crippen molar-refractivity contribution in [2.75, 3.05) is 13.7 Å². The first kappa shape index (κ1) is 14.1. The predicted molar refractivity (Wildman–Crippen MR) is 77.9 cm³/mol. The largest absolute Gasteiger partial charge is 0.497 e. The van der Waals surface area contributed by atoms with Gasteiger partial charge in [-0.3, -0.25) is 9.59 Å². The number of amides is 1. The molecule has 106 valence electrons. The average Bonchev–Trinajstić information content (AvgIpc) is 2.43. The zero-order valence-corrected chi connectivity index (χ0v) is 11.9. The fraction of sp³-hybridized carbons (Fsp3) is 0.333. The highest BCUT2D eigenvalue weighted by Crippen LogP contribution is 2.18. The van der Waals surface area contributed by atoms with Crippen molar-refractivity contribution in [3.63, 3.8) is 0 Å². The van der Waals surface area contributed by atoms with Crippen LogP contribution in [0.3, 0.4) is 0 Å². The monoisotopic (exact) mass is 274 g/mol. The van der Waals surface area contributed by atoms with Crippen molar-refractivity contribution < 1.29 is 9.53 Å². The Morgan fingerprint density at radius 2 is 2.10 bits per heavy atom. The number of carbonyl (C=O) groups excluding carboxylic acids is 1. The van der Waals surface area contributed by atoms with E-state index in [2.05, 4.69) is 4.98 Å². The van der Waals surface area contributed by atoms with Crippen LogP contribution in [0.5, 0.6) is 5.75 Å². The Hall–Kier alpha value is -2.30. The van der Waals surface area contributed by atoms with Gasteiger partial charge in [-0.05, 0) is 30.5 Å². The lowest BCUT2D eigenvalue weighted by Crippen LogP contribution is -2.30. The van der Waals surface area contributed by atoms with E-state index in [4.69, 9.17) is 4.74 Å². The van der Waals surface area contributed by atoms with Crippen LogP contribution in [-0.2, 0) is 11.3 Å². The molecule has 1 aromatic heterocycles. The molecule has 0 saturated carbocycles. The number of hydrogen-bond acceptors (Lipinski definition) is 3. The molecule has 0 fully saturated rings. The summed E-state index contributed by atoms with van der Waals surface area (Å²) in [7, 11) is 1.58. The number of H-pyrrole nitrogens is 1. The van der Waals surface area contributed by atoms with Gasteiger partial charge in [0, 0.05) is 25.1 Å². The molecule has 0 saturated heterocycles. The van der Waals surface area contributed by atoms with Crippen molar-refractivity contribution in [1.29, 1.82) is 0 Å². The maximum Gasteiger partial charge on any atom is 0.253 e. The van der Waals surface area contributed by atoms with E-state index < -0.39 is 0 Å². The number of carbonyl (C=O) groups is 1. The van der Waals surface area contributed by atoms with Crippen LogP contribution in [0.15, 0.2) is 29.1 Å². The van der Waals surface area contributed by atoms with Gasteiger partial charge >= 0.3 is 0 Å². The predicted octanol–water partition coefficient (Wildman–Crippen LogP) is 1.91. The Kier molecular flexibility index (Phi) is 4.08. The van der Waals surface area contributed by atoms with E-state index in [-0.39, 0.29) is 11.5 Å². The average molecular weight is 274 g/mol. The summed E-state index contributed by atoms with van der Waals surface area (Å²) in [6, 6.07) is 7.33. The third-order valence-electron chi connectivity index (χ3n) is 3.32. The molecule has 0 aliphatic carbocycles. The molecule has 1 heterocycles.